The summed E-state index contributed by atoms with van der Waals surface area (Å²) in [6, 6.07) is 12.5. The molecule has 2 saturated carbocycles. The summed E-state index contributed by atoms with van der Waals surface area (Å²) in [5.74, 6) is 1.66. The Hall–Kier alpha value is -2.36. The molecule has 2 aliphatic rings. The third-order valence-electron chi connectivity index (χ3n) is 5.00. The maximum Gasteiger partial charge on any atom is 0.226 e. The molecule has 0 saturated heterocycles. The van der Waals surface area contributed by atoms with Gasteiger partial charge in [-0.25, -0.2) is 0 Å². The highest BCUT2D eigenvalue weighted by molar-refractivity contribution is 5.83. The highest BCUT2D eigenvalue weighted by Gasteiger charge is 2.48. The maximum atomic E-state index is 13.0. The number of methoxy groups -OCH3 is 1. The summed E-state index contributed by atoms with van der Waals surface area (Å²) in [6.45, 7) is 0.684. The fourth-order valence-corrected chi connectivity index (χ4v) is 3.36. The molecule has 1 heterocycles. The number of amides is 1. The third kappa shape index (κ3) is 3.14. The molecule has 0 unspecified atom stereocenters. The monoisotopic (exact) mass is 322 g/mol. The fraction of sp³-hybridized carbons (Fsp3) is 0.400. The van der Waals surface area contributed by atoms with E-state index in [1.165, 1.54) is 5.56 Å². The van der Waals surface area contributed by atoms with Gasteiger partial charge in [0.15, 0.2) is 0 Å². The van der Waals surface area contributed by atoms with Crippen molar-refractivity contribution in [2.24, 2.45) is 5.92 Å². The quantitative estimate of drug-likeness (QED) is 0.819. The van der Waals surface area contributed by atoms with Crippen LogP contribution in [0, 0.1) is 5.92 Å². The predicted molar refractivity (Wildman–Crippen MR) is 91.7 cm³/mol. The molecule has 124 valence electrons. The summed E-state index contributed by atoms with van der Waals surface area (Å²) in [6.07, 6.45) is 6.85. The molecule has 2 aromatic rings. The van der Waals surface area contributed by atoms with Crippen LogP contribution < -0.4 is 4.74 Å². The first kappa shape index (κ1) is 15.2. The van der Waals surface area contributed by atoms with Crippen LogP contribution in [0.1, 0.15) is 36.3 Å². The molecule has 0 aliphatic heterocycles. The largest absolute Gasteiger partial charge is 0.497 e. The lowest BCUT2D eigenvalue weighted by atomic mass is 10.1. The van der Waals surface area contributed by atoms with Gasteiger partial charge in [0.05, 0.1) is 7.11 Å². The van der Waals surface area contributed by atoms with Gasteiger partial charge in [-0.1, -0.05) is 18.2 Å². The van der Waals surface area contributed by atoms with Crippen molar-refractivity contribution in [2.75, 3.05) is 7.11 Å². The van der Waals surface area contributed by atoms with Crippen molar-refractivity contribution in [3.8, 4) is 5.75 Å². The van der Waals surface area contributed by atoms with Crippen molar-refractivity contribution in [3.63, 3.8) is 0 Å². The average Bonchev–Trinajstić information content (AvgIpc) is 3.53. The molecule has 24 heavy (non-hydrogen) atoms. The van der Waals surface area contributed by atoms with Gasteiger partial charge in [0.25, 0.3) is 0 Å². The first-order valence-corrected chi connectivity index (χ1v) is 8.59. The molecule has 1 amide bonds. The molecule has 4 nitrogen and oxygen atoms in total. The van der Waals surface area contributed by atoms with Crippen LogP contribution in [0.3, 0.4) is 0 Å². The van der Waals surface area contributed by atoms with Gasteiger partial charge in [0.2, 0.25) is 5.91 Å². The van der Waals surface area contributed by atoms with Gasteiger partial charge in [-0.15, -0.1) is 0 Å². The van der Waals surface area contributed by atoms with Crippen LogP contribution in [0.5, 0.6) is 5.75 Å². The van der Waals surface area contributed by atoms with Crippen molar-refractivity contribution >= 4 is 5.91 Å². The van der Waals surface area contributed by atoms with Crippen LogP contribution in [0.15, 0.2) is 48.8 Å². The summed E-state index contributed by atoms with van der Waals surface area (Å²) in [7, 11) is 1.67. The lowest BCUT2D eigenvalue weighted by molar-refractivity contribution is -0.133. The molecule has 0 spiro atoms. The molecule has 0 radical (unpaired) electrons. The van der Waals surface area contributed by atoms with E-state index in [-0.39, 0.29) is 5.92 Å². The van der Waals surface area contributed by atoms with Crippen LogP contribution in [-0.2, 0) is 11.3 Å². The minimum Gasteiger partial charge on any atom is -0.497 e. The van der Waals surface area contributed by atoms with E-state index in [4.69, 9.17) is 4.74 Å². The molecule has 4 heteroatoms. The number of benzene rings is 1. The number of ether oxygens (including phenoxy) is 1. The van der Waals surface area contributed by atoms with E-state index in [1.54, 1.807) is 13.3 Å². The van der Waals surface area contributed by atoms with Gasteiger partial charge in [-0.2, -0.15) is 0 Å². The second kappa shape index (κ2) is 6.27. The van der Waals surface area contributed by atoms with Crippen molar-refractivity contribution in [1.29, 1.82) is 0 Å². The number of pyridine rings is 1. The molecule has 1 aromatic carbocycles. The van der Waals surface area contributed by atoms with E-state index in [2.05, 4.69) is 22.0 Å². The standard InChI is InChI=1S/C20H22N2O2/c1-24-17-8-4-15(5-9-17)18-11-19(18)20(23)22(16-6-7-16)13-14-3-2-10-21-12-14/h2-5,8-10,12,16,18-19H,6-7,11,13H2,1H3/t18-,19+/m1/s1. The number of carbonyl (C=O) groups is 1. The van der Waals surface area contributed by atoms with Gasteiger partial charge in [0.1, 0.15) is 5.75 Å². The Bertz CT molecular complexity index is 710. The van der Waals surface area contributed by atoms with Gasteiger partial charge in [-0.05, 0) is 54.5 Å². The molecule has 2 fully saturated rings. The topological polar surface area (TPSA) is 42.4 Å². The second-order valence-corrected chi connectivity index (χ2v) is 6.78. The molecular formula is C20H22N2O2. The molecule has 0 bridgehead atoms. The zero-order valence-corrected chi connectivity index (χ0v) is 13.9. The van der Waals surface area contributed by atoms with Crippen LogP contribution >= 0.6 is 0 Å². The number of nitrogens with zero attached hydrogens (tertiary/aromatic N) is 2. The number of rotatable bonds is 6. The van der Waals surface area contributed by atoms with E-state index in [9.17, 15) is 4.79 Å². The minimum absolute atomic E-state index is 0.135. The van der Waals surface area contributed by atoms with Gasteiger partial charge < -0.3 is 9.64 Å². The summed E-state index contributed by atoms with van der Waals surface area (Å²) in [4.78, 5) is 19.2. The van der Waals surface area contributed by atoms with E-state index in [0.717, 1.165) is 30.6 Å². The highest BCUT2D eigenvalue weighted by Crippen LogP contribution is 2.49. The Morgan fingerprint density at radius 2 is 2.04 bits per heavy atom. The van der Waals surface area contributed by atoms with Crippen molar-refractivity contribution < 1.29 is 9.53 Å². The molecular weight excluding hydrogens is 300 g/mol. The van der Waals surface area contributed by atoms with Gasteiger partial charge in [-0.3, -0.25) is 9.78 Å². The Morgan fingerprint density at radius 3 is 2.67 bits per heavy atom. The first-order valence-electron chi connectivity index (χ1n) is 8.59. The molecule has 2 aliphatic carbocycles. The smallest absolute Gasteiger partial charge is 0.226 e. The van der Waals surface area contributed by atoms with E-state index in [1.807, 2.05) is 30.5 Å². The Kier molecular flexibility index (Phi) is 3.97. The molecule has 2 atom stereocenters. The summed E-state index contributed by atoms with van der Waals surface area (Å²) >= 11 is 0. The number of carbonyl (C=O) groups excluding carboxylic acids is 1. The third-order valence-corrected chi connectivity index (χ3v) is 5.00. The van der Waals surface area contributed by atoms with Crippen LogP contribution in [0.2, 0.25) is 0 Å². The Balaban J connectivity index is 1.44. The van der Waals surface area contributed by atoms with E-state index in [0.29, 0.717) is 24.4 Å². The van der Waals surface area contributed by atoms with Crippen molar-refractivity contribution in [2.45, 2.75) is 37.8 Å². The number of aromatic nitrogens is 1. The Morgan fingerprint density at radius 1 is 1.25 bits per heavy atom. The lowest BCUT2D eigenvalue weighted by Crippen LogP contribution is -2.34. The molecule has 0 N–H and O–H groups in total. The first-order chi connectivity index (χ1) is 11.8. The van der Waals surface area contributed by atoms with Crippen molar-refractivity contribution in [1.82, 2.24) is 9.88 Å². The van der Waals surface area contributed by atoms with Crippen molar-refractivity contribution in [3.05, 3.63) is 59.9 Å². The van der Waals surface area contributed by atoms with E-state index < -0.39 is 0 Å². The highest BCUT2D eigenvalue weighted by atomic mass is 16.5. The average molecular weight is 322 g/mol. The van der Waals surface area contributed by atoms with Crippen LogP contribution in [-0.4, -0.2) is 28.9 Å². The van der Waals surface area contributed by atoms with Crippen LogP contribution in [0.4, 0.5) is 0 Å². The summed E-state index contributed by atoms with van der Waals surface area (Å²) < 4.78 is 5.21. The predicted octanol–water partition coefficient (Wildman–Crippen LogP) is 3.38. The summed E-state index contributed by atoms with van der Waals surface area (Å²) in [5.41, 5.74) is 2.35. The van der Waals surface area contributed by atoms with E-state index >= 15 is 0 Å². The normalized spacial score (nSPS) is 22.0. The van der Waals surface area contributed by atoms with Gasteiger partial charge in [0, 0.05) is 30.9 Å². The number of hydrogen-bond donors (Lipinski definition) is 0. The Labute approximate surface area is 142 Å². The zero-order valence-electron chi connectivity index (χ0n) is 13.9. The molecule has 1 aromatic heterocycles. The SMILES string of the molecule is COc1ccc([C@H]2C[C@@H]2C(=O)N(Cc2cccnc2)C2CC2)cc1. The van der Waals surface area contributed by atoms with Crippen LogP contribution in [0.25, 0.3) is 0 Å². The minimum atomic E-state index is 0.135. The maximum absolute atomic E-state index is 13.0. The summed E-state index contributed by atoms with van der Waals surface area (Å²) in [5, 5.41) is 0. The van der Waals surface area contributed by atoms with Gasteiger partial charge >= 0.3 is 0 Å². The lowest BCUT2D eigenvalue weighted by Gasteiger charge is -2.22. The fourth-order valence-electron chi connectivity index (χ4n) is 3.36. The zero-order chi connectivity index (χ0) is 16.5. The molecule has 4 rings (SSSR count). The second-order valence-electron chi connectivity index (χ2n) is 6.78. The number of hydrogen-bond acceptors (Lipinski definition) is 3.